The monoisotopic (exact) mass is 413 g/mol. The van der Waals surface area contributed by atoms with Crippen LogP contribution in [0.2, 0.25) is 0 Å². The molecule has 26 heavy (non-hydrogen) atoms. The van der Waals surface area contributed by atoms with Gasteiger partial charge in [0.1, 0.15) is 24.5 Å². The van der Waals surface area contributed by atoms with Gasteiger partial charge in [-0.25, -0.2) is 13.7 Å². The Bertz CT molecular complexity index is 714. The zero-order chi connectivity index (χ0) is 19.1. The van der Waals surface area contributed by atoms with E-state index in [1.165, 1.54) is 6.20 Å². The molecule has 7 atom stereocenters. The van der Waals surface area contributed by atoms with E-state index >= 15 is 0 Å². The van der Waals surface area contributed by atoms with Gasteiger partial charge in [-0.1, -0.05) is 0 Å². The first-order valence-electron chi connectivity index (χ1n) is 7.32. The Morgan fingerprint density at radius 1 is 1.38 bits per heavy atom. The van der Waals surface area contributed by atoms with Gasteiger partial charge in [0.05, 0.1) is 6.61 Å². The lowest BCUT2D eigenvalue weighted by Crippen LogP contribution is -2.56. The fraction of sp³-hybridized carbons (Fsp3) is 0.545. The van der Waals surface area contributed by atoms with E-state index in [2.05, 4.69) is 19.5 Å². The van der Waals surface area contributed by atoms with Gasteiger partial charge < -0.3 is 35.4 Å². The number of aliphatic hydroxyl groups excluding tert-OH is 2. The molecule has 0 aromatic heterocycles. The number of carbonyl (C=O) groups excluding carboxylic acids is 1. The minimum Gasteiger partial charge on any atom is -0.387 e. The Hall–Kier alpha value is -1.27. The first-order chi connectivity index (χ1) is 12.2. The summed E-state index contributed by atoms with van der Waals surface area (Å²) in [6, 6.07) is -0.595. The van der Waals surface area contributed by atoms with Gasteiger partial charge in [0.2, 0.25) is 0 Å². The van der Waals surface area contributed by atoms with Crippen LogP contribution in [0.3, 0.4) is 0 Å². The Morgan fingerprint density at radius 3 is 2.81 bits per heavy atom. The molecule has 0 aromatic rings. The molecule has 13 nitrogen and oxygen atoms in total. The van der Waals surface area contributed by atoms with E-state index in [9.17, 15) is 29.0 Å². The average Bonchev–Trinajstić information content (AvgIpc) is 3.09. The molecule has 3 aliphatic heterocycles. The Kier molecular flexibility index (Phi) is 5.54. The maximum absolute atomic E-state index is 12.2. The van der Waals surface area contributed by atoms with Crippen LogP contribution in [0.4, 0.5) is 4.79 Å². The van der Waals surface area contributed by atoms with Crippen molar-refractivity contribution in [1.82, 2.24) is 15.5 Å². The molecule has 7 unspecified atom stereocenters. The number of nitrogens with one attached hydrogen (secondary N) is 2. The lowest BCUT2D eigenvalue weighted by Gasteiger charge is -2.33. The third-order valence-electron chi connectivity index (χ3n) is 3.87. The molecule has 0 saturated carbocycles. The minimum absolute atomic E-state index is 0.402. The standard InChI is InChI=1S/C11H17N3O10P2/c15-7-6(4-22-26(20,21)24-25(18)19)23-10(8(7)16)14-3-5-1-2-12-9(5)13-11(14)17/h1-3,6-10,12,15-16,25H,4H2,(H,13,17)(H,18,19)(H,20,21). The number of fused-ring (bicyclic) bond motifs is 1. The van der Waals surface area contributed by atoms with E-state index in [0.29, 0.717) is 5.57 Å². The number of carbonyl (C=O) groups is 1. The van der Waals surface area contributed by atoms with Crippen molar-refractivity contribution < 1.29 is 47.5 Å². The molecule has 3 heterocycles. The predicted octanol–water partition coefficient (Wildman–Crippen LogP) is -1.70. The largest absolute Gasteiger partial charge is 0.479 e. The van der Waals surface area contributed by atoms with E-state index in [0.717, 1.165) is 4.90 Å². The zero-order valence-corrected chi connectivity index (χ0v) is 14.9. The number of amides is 2. The number of urea groups is 1. The molecular weight excluding hydrogens is 396 g/mol. The fourth-order valence-electron chi connectivity index (χ4n) is 2.67. The third kappa shape index (κ3) is 4.01. The molecule has 0 bridgehead atoms. The molecular formula is C11H17N3O10P2. The molecule has 1 fully saturated rings. The van der Waals surface area contributed by atoms with Crippen LogP contribution in [-0.2, 0) is 22.7 Å². The summed E-state index contributed by atoms with van der Waals surface area (Å²) in [6.45, 7) is -0.728. The first kappa shape index (κ1) is 19.5. The second kappa shape index (κ2) is 7.39. The second-order valence-electron chi connectivity index (χ2n) is 5.59. The highest BCUT2D eigenvalue weighted by molar-refractivity contribution is 7.55. The minimum atomic E-state index is -4.84. The SMILES string of the molecule is O=C1NC2NC=CC2=CN1C1OC(COP(=O)(O)O[PH](=O)O)C(O)C1O. The van der Waals surface area contributed by atoms with Crippen LogP contribution < -0.4 is 10.6 Å². The number of aliphatic hydroxyl groups is 2. The number of rotatable bonds is 6. The van der Waals surface area contributed by atoms with E-state index in [4.69, 9.17) is 9.63 Å². The molecule has 2 amide bonds. The van der Waals surface area contributed by atoms with Crippen molar-refractivity contribution in [2.45, 2.75) is 30.7 Å². The zero-order valence-electron chi connectivity index (χ0n) is 13.0. The van der Waals surface area contributed by atoms with Crippen molar-refractivity contribution in [3.63, 3.8) is 0 Å². The van der Waals surface area contributed by atoms with Gasteiger partial charge in [0.15, 0.2) is 6.23 Å². The number of nitrogens with zero attached hydrogens (tertiary/aromatic N) is 1. The predicted molar refractivity (Wildman–Crippen MR) is 83.3 cm³/mol. The van der Waals surface area contributed by atoms with Crippen LogP contribution in [0.5, 0.6) is 0 Å². The lowest BCUT2D eigenvalue weighted by molar-refractivity contribution is -0.0655. The van der Waals surface area contributed by atoms with Crippen molar-refractivity contribution in [1.29, 1.82) is 0 Å². The van der Waals surface area contributed by atoms with Gasteiger partial charge in [0.25, 0.3) is 0 Å². The quantitative estimate of drug-likeness (QED) is 0.273. The summed E-state index contributed by atoms with van der Waals surface area (Å²) in [4.78, 5) is 30.9. The Labute approximate surface area is 147 Å². The number of phosphoric ester groups is 1. The van der Waals surface area contributed by atoms with Crippen molar-refractivity contribution in [3.8, 4) is 0 Å². The molecule has 15 heteroatoms. The normalized spacial score (nSPS) is 36.8. The molecule has 0 spiro atoms. The molecule has 3 rings (SSSR count). The first-order valence-corrected chi connectivity index (χ1v) is 10.1. The molecule has 146 valence electrons. The topological polar surface area (TPSA) is 187 Å². The summed E-state index contributed by atoms with van der Waals surface area (Å²) in [6.07, 6.45) is -1.29. The summed E-state index contributed by atoms with van der Waals surface area (Å²) in [7, 11) is -8.56. The van der Waals surface area contributed by atoms with Crippen molar-refractivity contribution in [2.75, 3.05) is 6.61 Å². The smallest absolute Gasteiger partial charge is 0.387 e. The summed E-state index contributed by atoms with van der Waals surface area (Å²) in [5.41, 5.74) is 0.691. The summed E-state index contributed by atoms with van der Waals surface area (Å²) in [5.74, 6) is 0. The molecule has 6 N–H and O–H groups in total. The van der Waals surface area contributed by atoms with Gasteiger partial charge >= 0.3 is 22.1 Å². The average molecular weight is 413 g/mol. The number of phosphoric acid groups is 1. The van der Waals surface area contributed by atoms with E-state index in [-0.39, 0.29) is 0 Å². The lowest BCUT2D eigenvalue weighted by atomic mass is 10.1. The highest BCUT2D eigenvalue weighted by Gasteiger charge is 2.48. The number of ether oxygens (including phenoxy) is 1. The van der Waals surface area contributed by atoms with Gasteiger partial charge in [-0.3, -0.25) is 14.0 Å². The fourth-order valence-corrected chi connectivity index (χ4v) is 4.01. The van der Waals surface area contributed by atoms with Crippen LogP contribution in [0, 0.1) is 0 Å². The maximum Gasteiger partial charge on any atom is 0.479 e. The molecule has 0 aromatic carbocycles. The van der Waals surface area contributed by atoms with Crippen molar-refractivity contribution in [2.24, 2.45) is 0 Å². The van der Waals surface area contributed by atoms with Gasteiger partial charge in [-0.2, -0.15) is 0 Å². The highest BCUT2D eigenvalue weighted by atomic mass is 31.2. The molecule has 0 aliphatic carbocycles. The van der Waals surface area contributed by atoms with Crippen LogP contribution in [-0.4, -0.2) is 68.2 Å². The highest BCUT2D eigenvalue weighted by Crippen LogP contribution is 2.51. The summed E-state index contributed by atoms with van der Waals surface area (Å²) >= 11 is 0. The molecule has 3 aliphatic rings. The van der Waals surface area contributed by atoms with Crippen LogP contribution in [0.15, 0.2) is 24.0 Å². The third-order valence-corrected chi connectivity index (χ3v) is 5.89. The number of hydrogen-bond acceptors (Lipinski definition) is 9. The Balaban J connectivity index is 1.67. The van der Waals surface area contributed by atoms with Gasteiger partial charge in [-0.15, -0.1) is 0 Å². The van der Waals surface area contributed by atoms with E-state index in [1.807, 2.05) is 0 Å². The van der Waals surface area contributed by atoms with Gasteiger partial charge in [0, 0.05) is 11.8 Å². The van der Waals surface area contributed by atoms with E-state index in [1.54, 1.807) is 12.3 Å². The van der Waals surface area contributed by atoms with Crippen LogP contribution >= 0.6 is 16.1 Å². The maximum atomic E-state index is 12.2. The van der Waals surface area contributed by atoms with Crippen molar-refractivity contribution >= 4 is 22.1 Å². The summed E-state index contributed by atoms with van der Waals surface area (Å²) < 4.78 is 35.6. The van der Waals surface area contributed by atoms with Crippen molar-refractivity contribution in [3.05, 3.63) is 24.0 Å². The number of hydrogen-bond donors (Lipinski definition) is 6. The van der Waals surface area contributed by atoms with Crippen LogP contribution in [0.1, 0.15) is 0 Å². The Morgan fingerprint density at radius 2 is 2.12 bits per heavy atom. The van der Waals surface area contributed by atoms with E-state index < -0.39 is 59.4 Å². The van der Waals surface area contributed by atoms with Crippen LogP contribution in [0.25, 0.3) is 0 Å². The van der Waals surface area contributed by atoms with Gasteiger partial charge in [-0.05, 0) is 12.3 Å². The molecule has 1 saturated heterocycles. The second-order valence-corrected chi connectivity index (χ2v) is 8.04. The molecule has 0 radical (unpaired) electrons. The summed E-state index contributed by atoms with van der Waals surface area (Å²) in [5, 5.41) is 25.7.